The number of hydrogen-bond acceptors (Lipinski definition) is 5. The highest BCUT2D eigenvalue weighted by atomic mass is 16.6. The lowest BCUT2D eigenvalue weighted by Crippen LogP contribution is -2.33. The summed E-state index contributed by atoms with van der Waals surface area (Å²) in [5.74, 6) is -0.155. The molecule has 0 aliphatic heterocycles. The molecule has 0 aliphatic carbocycles. The van der Waals surface area contributed by atoms with Gasteiger partial charge in [-0.25, -0.2) is 0 Å². The maximum atomic E-state index is 12.4. The largest absolute Gasteiger partial charge is 0.393 e. The Kier molecular flexibility index (Phi) is 6.10. The molecule has 116 valence electrons. The number of benzene rings is 1. The van der Waals surface area contributed by atoms with Crippen molar-refractivity contribution in [1.29, 1.82) is 0 Å². The lowest BCUT2D eigenvalue weighted by atomic mass is 10.1. The minimum Gasteiger partial charge on any atom is -0.393 e. The lowest BCUT2D eigenvalue weighted by molar-refractivity contribution is -0.383. The molecule has 7 heteroatoms. The zero-order valence-electron chi connectivity index (χ0n) is 12.7. The highest BCUT2D eigenvalue weighted by molar-refractivity contribution is 5.95. The van der Waals surface area contributed by atoms with Crippen molar-refractivity contribution in [3.8, 4) is 0 Å². The molecule has 0 unspecified atom stereocenters. The number of nitrogen functional groups attached to an aromatic ring is 1. The molecule has 0 saturated carbocycles. The summed E-state index contributed by atoms with van der Waals surface area (Å²) in [6.07, 6.45) is 0.870. The summed E-state index contributed by atoms with van der Waals surface area (Å²) in [7, 11) is 3.96. The number of nitrogens with two attached hydrogens (primary N) is 1. The van der Waals surface area contributed by atoms with Crippen molar-refractivity contribution < 1.29 is 9.72 Å². The van der Waals surface area contributed by atoms with Crippen LogP contribution in [-0.2, 0) is 0 Å². The second kappa shape index (κ2) is 7.58. The van der Waals surface area contributed by atoms with E-state index in [1.54, 1.807) is 4.90 Å². The van der Waals surface area contributed by atoms with Crippen LogP contribution in [0.4, 0.5) is 11.4 Å². The van der Waals surface area contributed by atoms with Gasteiger partial charge in [0.1, 0.15) is 5.69 Å². The van der Waals surface area contributed by atoms with E-state index in [4.69, 9.17) is 5.73 Å². The average molecular weight is 294 g/mol. The number of hydrogen-bond donors (Lipinski definition) is 1. The van der Waals surface area contributed by atoms with Crippen LogP contribution in [0, 0.1) is 10.1 Å². The first-order valence-electron chi connectivity index (χ1n) is 6.84. The molecule has 0 saturated heterocycles. The Labute approximate surface area is 124 Å². The number of rotatable bonds is 7. The molecule has 0 fully saturated rings. The van der Waals surface area contributed by atoms with Gasteiger partial charge in [-0.1, -0.05) is 0 Å². The van der Waals surface area contributed by atoms with Crippen LogP contribution in [0.5, 0.6) is 0 Å². The van der Waals surface area contributed by atoms with Crippen LogP contribution in [-0.4, -0.2) is 54.4 Å². The van der Waals surface area contributed by atoms with Gasteiger partial charge in [0.15, 0.2) is 0 Å². The first kappa shape index (κ1) is 16.9. The Morgan fingerprint density at radius 2 is 2.00 bits per heavy atom. The van der Waals surface area contributed by atoms with Crippen LogP contribution < -0.4 is 5.73 Å². The van der Waals surface area contributed by atoms with E-state index in [1.165, 1.54) is 18.2 Å². The van der Waals surface area contributed by atoms with E-state index in [-0.39, 0.29) is 17.3 Å². The summed E-state index contributed by atoms with van der Waals surface area (Å²) in [6.45, 7) is 4.03. The monoisotopic (exact) mass is 294 g/mol. The molecule has 1 aromatic carbocycles. The molecule has 21 heavy (non-hydrogen) atoms. The third kappa shape index (κ3) is 4.71. The molecule has 1 aromatic rings. The molecule has 0 atom stereocenters. The number of anilines is 1. The highest BCUT2D eigenvalue weighted by Crippen LogP contribution is 2.22. The summed E-state index contributed by atoms with van der Waals surface area (Å²) < 4.78 is 0. The fourth-order valence-corrected chi connectivity index (χ4v) is 2.02. The lowest BCUT2D eigenvalue weighted by Gasteiger charge is -2.22. The van der Waals surface area contributed by atoms with Crippen LogP contribution >= 0.6 is 0 Å². The van der Waals surface area contributed by atoms with Gasteiger partial charge in [0.05, 0.1) is 4.92 Å². The fraction of sp³-hybridized carbons (Fsp3) is 0.500. The number of nitro benzene ring substituents is 1. The number of carbonyl (C=O) groups excluding carboxylic acids is 1. The Balaban J connectivity index is 2.80. The van der Waals surface area contributed by atoms with E-state index in [9.17, 15) is 14.9 Å². The van der Waals surface area contributed by atoms with Crippen molar-refractivity contribution in [2.45, 2.75) is 13.3 Å². The molecule has 0 bridgehead atoms. The Morgan fingerprint density at radius 1 is 1.33 bits per heavy atom. The second-order valence-electron chi connectivity index (χ2n) is 5.07. The predicted octanol–water partition coefficient (Wildman–Crippen LogP) is 1.59. The molecule has 0 heterocycles. The third-order valence-corrected chi connectivity index (χ3v) is 3.17. The summed E-state index contributed by atoms with van der Waals surface area (Å²) in [5.41, 5.74) is 5.83. The molecule has 0 aliphatic rings. The maximum Gasteiger partial charge on any atom is 0.292 e. The average Bonchev–Trinajstić information content (AvgIpc) is 2.42. The van der Waals surface area contributed by atoms with Crippen molar-refractivity contribution in [3.05, 3.63) is 33.9 Å². The molecule has 0 spiro atoms. The smallest absolute Gasteiger partial charge is 0.292 e. The molecule has 0 radical (unpaired) electrons. The van der Waals surface area contributed by atoms with E-state index in [0.29, 0.717) is 18.7 Å². The van der Waals surface area contributed by atoms with Crippen molar-refractivity contribution in [2.75, 3.05) is 39.5 Å². The summed E-state index contributed by atoms with van der Waals surface area (Å²) in [5, 5.41) is 10.7. The first-order chi connectivity index (χ1) is 9.86. The fourth-order valence-electron chi connectivity index (χ4n) is 2.02. The molecule has 7 nitrogen and oxygen atoms in total. The second-order valence-corrected chi connectivity index (χ2v) is 5.07. The minimum absolute atomic E-state index is 0.00944. The topological polar surface area (TPSA) is 92.7 Å². The van der Waals surface area contributed by atoms with Crippen molar-refractivity contribution in [1.82, 2.24) is 9.80 Å². The predicted molar refractivity (Wildman–Crippen MR) is 82.3 cm³/mol. The van der Waals surface area contributed by atoms with Gasteiger partial charge in [-0.3, -0.25) is 14.9 Å². The molecule has 2 N–H and O–H groups in total. The van der Waals surface area contributed by atoms with E-state index in [1.807, 2.05) is 21.0 Å². The van der Waals surface area contributed by atoms with Crippen LogP contribution in [0.3, 0.4) is 0 Å². The van der Waals surface area contributed by atoms with Crippen LogP contribution in [0.25, 0.3) is 0 Å². The van der Waals surface area contributed by atoms with E-state index < -0.39 is 4.92 Å². The molecule has 1 amide bonds. The van der Waals surface area contributed by atoms with Gasteiger partial charge in [0.25, 0.3) is 11.6 Å². The quantitative estimate of drug-likeness (QED) is 0.468. The van der Waals surface area contributed by atoms with Gasteiger partial charge in [0.2, 0.25) is 0 Å². The molecule has 0 aromatic heterocycles. The van der Waals surface area contributed by atoms with Crippen molar-refractivity contribution in [3.63, 3.8) is 0 Å². The summed E-state index contributed by atoms with van der Waals surface area (Å²) in [4.78, 5) is 26.3. The van der Waals surface area contributed by atoms with Gasteiger partial charge in [-0.05, 0) is 46.1 Å². The van der Waals surface area contributed by atoms with Gasteiger partial charge in [0, 0.05) is 24.7 Å². The molecular formula is C14H22N4O3. The number of amides is 1. The normalized spacial score (nSPS) is 10.7. The Morgan fingerprint density at radius 3 is 2.48 bits per heavy atom. The Bertz CT molecular complexity index is 517. The zero-order chi connectivity index (χ0) is 16.0. The molecule has 1 rings (SSSR count). The number of nitrogens with zero attached hydrogens (tertiary/aromatic N) is 3. The van der Waals surface area contributed by atoms with Gasteiger partial charge in [-0.15, -0.1) is 0 Å². The minimum atomic E-state index is -0.557. The van der Waals surface area contributed by atoms with E-state index in [0.717, 1.165) is 13.0 Å². The van der Waals surface area contributed by atoms with Crippen LogP contribution in [0.1, 0.15) is 23.7 Å². The van der Waals surface area contributed by atoms with Crippen LogP contribution in [0.15, 0.2) is 18.2 Å². The number of nitro groups is 1. The van der Waals surface area contributed by atoms with Crippen molar-refractivity contribution in [2.24, 2.45) is 0 Å². The van der Waals surface area contributed by atoms with Gasteiger partial charge >= 0.3 is 0 Å². The first-order valence-corrected chi connectivity index (χ1v) is 6.84. The number of carbonyl (C=O) groups is 1. The Hall–Kier alpha value is -2.15. The van der Waals surface area contributed by atoms with E-state index >= 15 is 0 Å². The van der Waals surface area contributed by atoms with Gasteiger partial charge in [-0.2, -0.15) is 0 Å². The maximum absolute atomic E-state index is 12.4. The van der Waals surface area contributed by atoms with Crippen molar-refractivity contribution >= 4 is 17.3 Å². The van der Waals surface area contributed by atoms with E-state index in [2.05, 4.69) is 4.90 Å². The standard InChI is InChI=1S/C14H22N4O3/c1-4-17(9-5-8-16(2)3)14(19)11-6-7-13(18(20)21)12(15)10-11/h6-7,10H,4-5,8-9,15H2,1-3H3. The molecular weight excluding hydrogens is 272 g/mol. The SMILES string of the molecule is CCN(CCCN(C)C)C(=O)c1ccc([N+](=O)[O-])c(N)c1. The third-order valence-electron chi connectivity index (χ3n) is 3.17. The highest BCUT2D eigenvalue weighted by Gasteiger charge is 2.18. The van der Waals surface area contributed by atoms with Gasteiger partial charge < -0.3 is 15.5 Å². The summed E-state index contributed by atoms with van der Waals surface area (Å²) in [6, 6.07) is 4.09. The zero-order valence-corrected chi connectivity index (χ0v) is 12.7. The van der Waals surface area contributed by atoms with Crippen LogP contribution in [0.2, 0.25) is 0 Å². The summed E-state index contributed by atoms with van der Waals surface area (Å²) >= 11 is 0.